The Morgan fingerprint density at radius 3 is 3.13 bits per heavy atom. The SMILES string of the molecule is CCOC(=O)[C@@H]1C[C@H]1c1cccc(N)n1. The molecule has 0 radical (unpaired) electrons. The van der Waals surface area contributed by atoms with Gasteiger partial charge in [0.15, 0.2) is 0 Å². The summed E-state index contributed by atoms with van der Waals surface area (Å²) in [5.74, 6) is 0.570. The van der Waals surface area contributed by atoms with Gasteiger partial charge >= 0.3 is 5.97 Å². The second-order valence-electron chi connectivity index (χ2n) is 3.69. The fraction of sp³-hybridized carbons (Fsp3) is 0.455. The van der Waals surface area contributed by atoms with E-state index in [2.05, 4.69) is 4.98 Å². The molecule has 1 fully saturated rings. The van der Waals surface area contributed by atoms with Crippen LogP contribution >= 0.6 is 0 Å². The first-order valence-electron chi connectivity index (χ1n) is 5.11. The second kappa shape index (κ2) is 3.88. The Labute approximate surface area is 88.4 Å². The Morgan fingerprint density at radius 1 is 1.67 bits per heavy atom. The predicted octanol–water partition coefficient (Wildman–Crippen LogP) is 1.33. The average Bonchev–Trinajstić information content (AvgIpc) is 2.97. The van der Waals surface area contributed by atoms with Crippen LogP contribution in [0.4, 0.5) is 5.82 Å². The number of nitrogens with two attached hydrogens (primary N) is 1. The largest absolute Gasteiger partial charge is 0.466 e. The fourth-order valence-corrected chi connectivity index (χ4v) is 1.71. The van der Waals surface area contributed by atoms with Gasteiger partial charge in [0.1, 0.15) is 5.82 Å². The summed E-state index contributed by atoms with van der Waals surface area (Å²) in [6.07, 6.45) is 0.829. The minimum Gasteiger partial charge on any atom is -0.466 e. The highest BCUT2D eigenvalue weighted by atomic mass is 16.5. The Balaban J connectivity index is 2.01. The van der Waals surface area contributed by atoms with E-state index in [1.54, 1.807) is 6.07 Å². The molecule has 0 spiro atoms. The molecule has 1 saturated carbocycles. The summed E-state index contributed by atoms with van der Waals surface area (Å²) in [5, 5.41) is 0. The number of ether oxygens (including phenoxy) is 1. The lowest BCUT2D eigenvalue weighted by atomic mass is 10.2. The van der Waals surface area contributed by atoms with Crippen LogP contribution in [0.15, 0.2) is 18.2 Å². The molecule has 0 aromatic carbocycles. The zero-order valence-electron chi connectivity index (χ0n) is 8.64. The van der Waals surface area contributed by atoms with E-state index >= 15 is 0 Å². The lowest BCUT2D eigenvalue weighted by molar-refractivity contribution is -0.144. The molecule has 80 valence electrons. The summed E-state index contributed by atoms with van der Waals surface area (Å²) in [6, 6.07) is 5.50. The number of carbonyl (C=O) groups excluding carboxylic acids is 1. The van der Waals surface area contributed by atoms with E-state index in [1.165, 1.54) is 0 Å². The van der Waals surface area contributed by atoms with E-state index in [0.29, 0.717) is 12.4 Å². The van der Waals surface area contributed by atoms with Crippen LogP contribution in [0.5, 0.6) is 0 Å². The molecular weight excluding hydrogens is 192 g/mol. The highest BCUT2D eigenvalue weighted by molar-refractivity contribution is 5.77. The third-order valence-corrected chi connectivity index (χ3v) is 2.55. The number of hydrogen-bond donors (Lipinski definition) is 1. The van der Waals surface area contributed by atoms with Crippen molar-refractivity contribution in [3.63, 3.8) is 0 Å². The Bertz CT molecular complexity index is 379. The molecule has 0 amide bonds. The third kappa shape index (κ3) is 2.09. The second-order valence-corrected chi connectivity index (χ2v) is 3.69. The molecule has 0 bridgehead atoms. The van der Waals surface area contributed by atoms with Gasteiger partial charge in [0, 0.05) is 11.6 Å². The number of rotatable bonds is 3. The van der Waals surface area contributed by atoms with E-state index in [-0.39, 0.29) is 17.8 Å². The molecule has 0 aliphatic heterocycles. The minimum atomic E-state index is -0.119. The van der Waals surface area contributed by atoms with E-state index in [9.17, 15) is 4.79 Å². The number of nitrogens with zero attached hydrogens (tertiary/aromatic N) is 1. The zero-order valence-corrected chi connectivity index (χ0v) is 8.64. The van der Waals surface area contributed by atoms with Gasteiger partial charge in [0.2, 0.25) is 0 Å². The summed E-state index contributed by atoms with van der Waals surface area (Å²) in [6.45, 7) is 2.25. The number of esters is 1. The summed E-state index contributed by atoms with van der Waals surface area (Å²) in [4.78, 5) is 15.6. The normalized spacial score (nSPS) is 23.5. The first-order chi connectivity index (χ1) is 7.22. The molecular formula is C11H14N2O2. The highest BCUT2D eigenvalue weighted by Crippen LogP contribution is 2.47. The lowest BCUT2D eigenvalue weighted by Crippen LogP contribution is -2.07. The minimum absolute atomic E-state index is 0.0146. The number of carbonyl (C=O) groups is 1. The molecule has 2 N–H and O–H groups in total. The number of aromatic nitrogens is 1. The van der Waals surface area contributed by atoms with Gasteiger partial charge in [-0.05, 0) is 25.5 Å². The van der Waals surface area contributed by atoms with Crippen molar-refractivity contribution in [3.8, 4) is 0 Å². The maximum Gasteiger partial charge on any atom is 0.309 e. The molecule has 1 heterocycles. The molecule has 4 heteroatoms. The molecule has 2 atom stereocenters. The van der Waals surface area contributed by atoms with Gasteiger partial charge in [-0.15, -0.1) is 0 Å². The van der Waals surface area contributed by atoms with Gasteiger partial charge in [-0.3, -0.25) is 4.79 Å². The van der Waals surface area contributed by atoms with Crippen LogP contribution in [-0.4, -0.2) is 17.6 Å². The van der Waals surface area contributed by atoms with Crippen molar-refractivity contribution >= 4 is 11.8 Å². The Morgan fingerprint density at radius 2 is 2.47 bits per heavy atom. The van der Waals surface area contributed by atoms with Crippen LogP contribution in [0.3, 0.4) is 0 Å². The van der Waals surface area contributed by atoms with Crippen molar-refractivity contribution in [1.82, 2.24) is 4.98 Å². The maximum absolute atomic E-state index is 11.4. The number of anilines is 1. The van der Waals surface area contributed by atoms with Crippen LogP contribution in [0.2, 0.25) is 0 Å². The fourth-order valence-electron chi connectivity index (χ4n) is 1.71. The molecule has 1 aliphatic rings. The summed E-state index contributed by atoms with van der Waals surface area (Å²) in [7, 11) is 0. The van der Waals surface area contributed by atoms with E-state index in [1.807, 2.05) is 19.1 Å². The van der Waals surface area contributed by atoms with Gasteiger partial charge in [-0.1, -0.05) is 6.07 Å². The summed E-state index contributed by atoms with van der Waals surface area (Å²) >= 11 is 0. The van der Waals surface area contributed by atoms with Gasteiger partial charge in [0.05, 0.1) is 12.5 Å². The molecule has 15 heavy (non-hydrogen) atoms. The molecule has 0 saturated heterocycles. The lowest BCUT2D eigenvalue weighted by Gasteiger charge is -2.01. The van der Waals surface area contributed by atoms with Crippen LogP contribution in [0.25, 0.3) is 0 Å². The van der Waals surface area contributed by atoms with Crippen LogP contribution < -0.4 is 5.73 Å². The van der Waals surface area contributed by atoms with Gasteiger partial charge in [-0.2, -0.15) is 0 Å². The van der Waals surface area contributed by atoms with Crippen molar-refractivity contribution in [2.24, 2.45) is 5.92 Å². The van der Waals surface area contributed by atoms with E-state index in [4.69, 9.17) is 10.5 Å². The maximum atomic E-state index is 11.4. The van der Waals surface area contributed by atoms with Crippen molar-refractivity contribution in [2.45, 2.75) is 19.3 Å². The Hall–Kier alpha value is -1.58. The van der Waals surface area contributed by atoms with Crippen molar-refractivity contribution in [1.29, 1.82) is 0 Å². The highest BCUT2D eigenvalue weighted by Gasteiger charge is 2.46. The van der Waals surface area contributed by atoms with Crippen molar-refractivity contribution < 1.29 is 9.53 Å². The van der Waals surface area contributed by atoms with Crippen molar-refractivity contribution in [2.75, 3.05) is 12.3 Å². The zero-order chi connectivity index (χ0) is 10.8. The first-order valence-corrected chi connectivity index (χ1v) is 5.11. The topological polar surface area (TPSA) is 65.2 Å². The van der Waals surface area contributed by atoms with Crippen LogP contribution in [-0.2, 0) is 9.53 Å². The monoisotopic (exact) mass is 206 g/mol. The van der Waals surface area contributed by atoms with Crippen LogP contribution in [0.1, 0.15) is 25.0 Å². The molecule has 0 unspecified atom stereocenters. The number of nitrogen functional groups attached to an aromatic ring is 1. The van der Waals surface area contributed by atoms with E-state index < -0.39 is 0 Å². The van der Waals surface area contributed by atoms with Gasteiger partial charge < -0.3 is 10.5 Å². The third-order valence-electron chi connectivity index (χ3n) is 2.55. The predicted molar refractivity (Wildman–Crippen MR) is 56.1 cm³/mol. The van der Waals surface area contributed by atoms with E-state index in [0.717, 1.165) is 12.1 Å². The van der Waals surface area contributed by atoms with Gasteiger partial charge in [-0.25, -0.2) is 4.98 Å². The van der Waals surface area contributed by atoms with Crippen molar-refractivity contribution in [3.05, 3.63) is 23.9 Å². The Kier molecular flexibility index (Phi) is 2.58. The summed E-state index contributed by atoms with van der Waals surface area (Å²) < 4.78 is 4.95. The molecule has 1 aliphatic carbocycles. The molecule has 1 aromatic rings. The van der Waals surface area contributed by atoms with Crippen LogP contribution in [0, 0.1) is 5.92 Å². The average molecular weight is 206 g/mol. The van der Waals surface area contributed by atoms with Gasteiger partial charge in [0.25, 0.3) is 0 Å². The first kappa shape index (κ1) is 9.96. The molecule has 1 aromatic heterocycles. The molecule has 4 nitrogen and oxygen atoms in total. The summed E-state index contributed by atoms with van der Waals surface area (Å²) in [5.41, 5.74) is 6.47. The molecule has 2 rings (SSSR count). The standard InChI is InChI=1S/C11H14N2O2/c1-2-15-11(14)8-6-7(8)9-4-3-5-10(12)13-9/h3-5,7-8H,2,6H2,1H3,(H2,12,13)/t7-,8-/m1/s1. The number of hydrogen-bond acceptors (Lipinski definition) is 4. The quantitative estimate of drug-likeness (QED) is 0.758. The number of pyridine rings is 1. The smallest absolute Gasteiger partial charge is 0.309 e.